The molecule has 0 atom stereocenters. The highest BCUT2D eigenvalue weighted by Gasteiger charge is 2.05. The molecule has 0 saturated heterocycles. The molecule has 0 aliphatic rings. The third-order valence-corrected chi connectivity index (χ3v) is 3.08. The van der Waals surface area contributed by atoms with Gasteiger partial charge in [0.2, 0.25) is 0 Å². The van der Waals surface area contributed by atoms with E-state index in [0.717, 1.165) is 24.1 Å². The number of benzene rings is 2. The zero-order valence-electron chi connectivity index (χ0n) is 12.5. The first-order chi connectivity index (χ1) is 11.1. The lowest BCUT2D eigenvalue weighted by molar-refractivity contribution is 0.236. The smallest absolute Gasteiger partial charge is 0.314 e. The van der Waals surface area contributed by atoms with Gasteiger partial charge in [-0.2, -0.15) is 0 Å². The Morgan fingerprint density at radius 1 is 1.00 bits per heavy atom. The minimum absolute atomic E-state index is 0.0438. The fraction of sp³-hybridized carbons (Fsp3) is 0.235. The topological polar surface area (TPSA) is 50.4 Å². The molecule has 4 nitrogen and oxygen atoms in total. The molecule has 2 rings (SSSR count). The summed E-state index contributed by atoms with van der Waals surface area (Å²) < 4.78 is 31.2. The van der Waals surface area contributed by atoms with Crippen molar-refractivity contribution in [1.29, 1.82) is 0 Å². The molecule has 0 heterocycles. The predicted octanol–water partition coefficient (Wildman–Crippen LogP) is 2.89. The van der Waals surface area contributed by atoms with E-state index in [0.29, 0.717) is 6.54 Å². The second-order valence-corrected chi connectivity index (χ2v) is 4.84. The molecular formula is C17H18F2N2O2. The molecule has 0 radical (unpaired) electrons. The van der Waals surface area contributed by atoms with E-state index in [4.69, 9.17) is 4.74 Å². The van der Waals surface area contributed by atoms with Crippen molar-refractivity contribution in [3.05, 3.63) is 65.7 Å². The molecule has 0 spiro atoms. The lowest BCUT2D eigenvalue weighted by Gasteiger charge is -2.09. The molecule has 0 aliphatic heterocycles. The summed E-state index contributed by atoms with van der Waals surface area (Å²) >= 11 is 0. The maximum atomic E-state index is 13.3. The highest BCUT2D eigenvalue weighted by atomic mass is 19.1. The van der Waals surface area contributed by atoms with E-state index in [1.807, 2.05) is 30.3 Å². The first-order valence-electron chi connectivity index (χ1n) is 7.28. The quantitative estimate of drug-likeness (QED) is 0.771. The summed E-state index contributed by atoms with van der Waals surface area (Å²) in [5.74, 6) is -1.47. The van der Waals surface area contributed by atoms with Crippen LogP contribution in [-0.4, -0.2) is 25.7 Å². The van der Waals surface area contributed by atoms with Gasteiger partial charge in [-0.05, 0) is 24.1 Å². The molecule has 0 bridgehead atoms. The van der Waals surface area contributed by atoms with Crippen LogP contribution in [0.15, 0.2) is 48.5 Å². The number of carbonyl (C=O) groups excluding carboxylic acids is 1. The van der Waals surface area contributed by atoms with Crippen LogP contribution in [0.5, 0.6) is 5.75 Å². The van der Waals surface area contributed by atoms with Gasteiger partial charge in [-0.1, -0.05) is 30.3 Å². The fourth-order valence-electron chi connectivity index (χ4n) is 1.95. The van der Waals surface area contributed by atoms with Gasteiger partial charge in [0.25, 0.3) is 0 Å². The molecule has 2 N–H and O–H groups in total. The summed E-state index contributed by atoms with van der Waals surface area (Å²) in [6.45, 7) is 0.825. The minimum atomic E-state index is -0.766. The van der Waals surface area contributed by atoms with Crippen molar-refractivity contribution in [2.45, 2.75) is 6.42 Å². The molecule has 0 aromatic heterocycles. The third kappa shape index (κ3) is 5.94. The second kappa shape index (κ2) is 8.73. The Balaban J connectivity index is 1.59. The van der Waals surface area contributed by atoms with Crippen LogP contribution in [0.25, 0.3) is 0 Å². The van der Waals surface area contributed by atoms with Crippen molar-refractivity contribution in [2.75, 3.05) is 19.7 Å². The zero-order chi connectivity index (χ0) is 16.5. The minimum Gasteiger partial charge on any atom is -0.489 e. The molecule has 0 saturated carbocycles. The number of nitrogens with one attached hydrogen (secondary N) is 2. The van der Waals surface area contributed by atoms with Crippen LogP contribution in [0.2, 0.25) is 0 Å². The van der Waals surface area contributed by atoms with Crippen molar-refractivity contribution in [3.63, 3.8) is 0 Å². The fourth-order valence-corrected chi connectivity index (χ4v) is 1.95. The van der Waals surface area contributed by atoms with Gasteiger partial charge in [0.15, 0.2) is 11.6 Å². The number of carbonyl (C=O) groups is 1. The Kier molecular flexibility index (Phi) is 6.35. The van der Waals surface area contributed by atoms with Gasteiger partial charge < -0.3 is 15.4 Å². The number of hydrogen-bond acceptors (Lipinski definition) is 2. The SMILES string of the molecule is O=C(NCCOc1ccc(F)cc1F)NCCc1ccccc1. The lowest BCUT2D eigenvalue weighted by Crippen LogP contribution is -2.38. The number of urea groups is 1. The van der Waals surface area contributed by atoms with Gasteiger partial charge in [0, 0.05) is 12.6 Å². The van der Waals surface area contributed by atoms with E-state index in [2.05, 4.69) is 10.6 Å². The normalized spacial score (nSPS) is 10.2. The molecule has 2 amide bonds. The maximum absolute atomic E-state index is 13.3. The van der Waals surface area contributed by atoms with E-state index in [1.165, 1.54) is 6.07 Å². The van der Waals surface area contributed by atoms with Gasteiger partial charge >= 0.3 is 6.03 Å². The predicted molar refractivity (Wildman–Crippen MR) is 83.4 cm³/mol. The zero-order valence-corrected chi connectivity index (χ0v) is 12.5. The Morgan fingerprint density at radius 2 is 1.74 bits per heavy atom. The van der Waals surface area contributed by atoms with E-state index in [1.54, 1.807) is 0 Å². The summed E-state index contributed by atoms with van der Waals surface area (Å²) in [5, 5.41) is 5.32. The van der Waals surface area contributed by atoms with E-state index >= 15 is 0 Å². The summed E-state index contributed by atoms with van der Waals surface area (Å²) in [6, 6.07) is 12.6. The van der Waals surface area contributed by atoms with Crippen LogP contribution < -0.4 is 15.4 Å². The van der Waals surface area contributed by atoms with Crippen molar-refractivity contribution < 1.29 is 18.3 Å². The highest BCUT2D eigenvalue weighted by molar-refractivity contribution is 5.73. The van der Waals surface area contributed by atoms with E-state index in [9.17, 15) is 13.6 Å². The van der Waals surface area contributed by atoms with Gasteiger partial charge in [-0.3, -0.25) is 0 Å². The monoisotopic (exact) mass is 320 g/mol. The second-order valence-electron chi connectivity index (χ2n) is 4.84. The van der Waals surface area contributed by atoms with E-state index in [-0.39, 0.29) is 24.9 Å². The average molecular weight is 320 g/mol. The Bertz CT molecular complexity index is 636. The van der Waals surface area contributed by atoms with Crippen LogP contribution >= 0.6 is 0 Å². The van der Waals surface area contributed by atoms with Crippen LogP contribution in [0, 0.1) is 11.6 Å². The highest BCUT2D eigenvalue weighted by Crippen LogP contribution is 2.17. The molecule has 2 aromatic rings. The summed E-state index contributed by atoms with van der Waals surface area (Å²) in [7, 11) is 0. The number of ether oxygens (including phenoxy) is 1. The Morgan fingerprint density at radius 3 is 2.48 bits per heavy atom. The Labute approximate surface area is 133 Å². The van der Waals surface area contributed by atoms with Crippen LogP contribution in [0.3, 0.4) is 0 Å². The number of halogens is 2. The van der Waals surface area contributed by atoms with Crippen molar-refractivity contribution in [1.82, 2.24) is 10.6 Å². The first kappa shape index (κ1) is 16.7. The van der Waals surface area contributed by atoms with Crippen LogP contribution in [0.4, 0.5) is 13.6 Å². The molecular weight excluding hydrogens is 302 g/mol. The molecule has 0 unspecified atom stereocenters. The summed E-state index contributed by atoms with van der Waals surface area (Å²) in [5.41, 5.74) is 1.14. The molecule has 0 aliphatic carbocycles. The van der Waals surface area contributed by atoms with Gasteiger partial charge in [0.05, 0.1) is 6.54 Å². The van der Waals surface area contributed by atoms with Gasteiger partial charge in [0.1, 0.15) is 12.4 Å². The van der Waals surface area contributed by atoms with Gasteiger partial charge in [-0.15, -0.1) is 0 Å². The molecule has 122 valence electrons. The third-order valence-electron chi connectivity index (χ3n) is 3.08. The molecule has 0 fully saturated rings. The molecule has 6 heteroatoms. The lowest BCUT2D eigenvalue weighted by atomic mass is 10.1. The Hall–Kier alpha value is -2.63. The van der Waals surface area contributed by atoms with Crippen LogP contribution in [0.1, 0.15) is 5.56 Å². The van der Waals surface area contributed by atoms with E-state index < -0.39 is 11.6 Å². The molecule has 2 aromatic carbocycles. The maximum Gasteiger partial charge on any atom is 0.314 e. The summed E-state index contributed by atoms with van der Waals surface area (Å²) in [6.07, 6.45) is 0.742. The molecule has 23 heavy (non-hydrogen) atoms. The van der Waals surface area contributed by atoms with Crippen molar-refractivity contribution in [2.24, 2.45) is 0 Å². The number of hydrogen-bond donors (Lipinski definition) is 2. The average Bonchev–Trinajstić information content (AvgIpc) is 2.54. The number of amides is 2. The number of rotatable bonds is 7. The largest absolute Gasteiger partial charge is 0.489 e. The van der Waals surface area contributed by atoms with Crippen molar-refractivity contribution in [3.8, 4) is 5.75 Å². The van der Waals surface area contributed by atoms with Gasteiger partial charge in [-0.25, -0.2) is 13.6 Å². The standard InChI is InChI=1S/C17H18F2N2O2/c18-14-6-7-16(15(19)12-14)23-11-10-21-17(22)20-9-8-13-4-2-1-3-5-13/h1-7,12H,8-11H2,(H2,20,21,22). The van der Waals surface area contributed by atoms with Crippen molar-refractivity contribution >= 4 is 6.03 Å². The van der Waals surface area contributed by atoms with Crippen LogP contribution in [-0.2, 0) is 6.42 Å². The first-order valence-corrected chi connectivity index (χ1v) is 7.28. The summed E-state index contributed by atoms with van der Waals surface area (Å²) in [4.78, 5) is 11.6.